The van der Waals surface area contributed by atoms with Gasteiger partial charge >= 0.3 is 5.97 Å². The minimum Gasteiger partial charge on any atom is -0.466 e. The Morgan fingerprint density at radius 3 is 2.46 bits per heavy atom. The summed E-state index contributed by atoms with van der Waals surface area (Å²) in [5, 5.41) is 14.4. The van der Waals surface area contributed by atoms with E-state index in [2.05, 4.69) is 25.6 Å². The number of ether oxygens (including phenoxy) is 1. The number of aromatic nitrogens is 6. The third-order valence-electron chi connectivity index (χ3n) is 5.77. The number of tetrazole rings is 1. The van der Waals surface area contributed by atoms with Gasteiger partial charge < -0.3 is 4.74 Å². The lowest BCUT2D eigenvalue weighted by molar-refractivity contribution is -0.142. The third kappa shape index (κ3) is 5.34. The summed E-state index contributed by atoms with van der Waals surface area (Å²) in [6.07, 6.45) is 1.45. The Hall–Kier alpha value is -4.14. The highest BCUT2D eigenvalue weighted by Crippen LogP contribution is 2.29. The van der Waals surface area contributed by atoms with Crippen molar-refractivity contribution in [2.45, 2.75) is 46.6 Å². The van der Waals surface area contributed by atoms with Crippen LogP contribution in [0.2, 0.25) is 0 Å². The molecule has 180 valence electrons. The summed E-state index contributed by atoms with van der Waals surface area (Å²) >= 11 is 0. The van der Waals surface area contributed by atoms with Crippen molar-refractivity contribution in [3.8, 4) is 22.5 Å². The molecule has 9 heteroatoms. The summed E-state index contributed by atoms with van der Waals surface area (Å²) in [7, 11) is 0. The fraction of sp³-hybridized carbons (Fsp3) is 0.308. The van der Waals surface area contributed by atoms with Gasteiger partial charge in [0.15, 0.2) is 0 Å². The molecule has 0 atom stereocenters. The molecule has 0 aliphatic rings. The zero-order chi connectivity index (χ0) is 24.8. The van der Waals surface area contributed by atoms with Gasteiger partial charge in [0.05, 0.1) is 19.6 Å². The number of nitrogens with one attached hydrogen (secondary N) is 1. The van der Waals surface area contributed by atoms with Gasteiger partial charge in [-0.2, -0.15) is 5.21 Å². The molecule has 35 heavy (non-hydrogen) atoms. The fourth-order valence-electron chi connectivity index (χ4n) is 4.07. The molecular formula is C26H28N6O3. The van der Waals surface area contributed by atoms with Gasteiger partial charge in [0.1, 0.15) is 5.82 Å². The smallest absolute Gasteiger partial charge is 0.310 e. The van der Waals surface area contributed by atoms with E-state index in [0.29, 0.717) is 35.9 Å². The van der Waals surface area contributed by atoms with Gasteiger partial charge in [-0.25, -0.2) is 4.98 Å². The molecule has 0 aliphatic carbocycles. The monoisotopic (exact) mass is 472 g/mol. The number of rotatable bonds is 9. The predicted octanol–water partition coefficient (Wildman–Crippen LogP) is 3.51. The standard InChI is InChI=1S/C26H28N6O3/c1-4-8-23-27-17(3)22(15-24(33)35-5-2)26(34)32(23)16-18-11-13-19(14-12-18)20-9-6-7-10-21(20)25-28-30-31-29-25/h6-7,9-14H,4-5,8,15-16H2,1-3H3,(H,28,29,30,31). The van der Waals surface area contributed by atoms with Gasteiger partial charge in [-0.15, -0.1) is 10.2 Å². The molecule has 2 heterocycles. The Morgan fingerprint density at radius 1 is 1.06 bits per heavy atom. The largest absolute Gasteiger partial charge is 0.466 e. The summed E-state index contributed by atoms with van der Waals surface area (Å²) in [5.41, 5.74) is 4.59. The normalized spacial score (nSPS) is 10.9. The molecule has 0 spiro atoms. The number of aryl methyl sites for hydroxylation is 2. The van der Waals surface area contributed by atoms with Crippen LogP contribution in [-0.2, 0) is 28.9 Å². The van der Waals surface area contributed by atoms with Crippen LogP contribution in [0.1, 0.15) is 42.9 Å². The first-order valence-electron chi connectivity index (χ1n) is 11.7. The van der Waals surface area contributed by atoms with Crippen molar-refractivity contribution in [2.24, 2.45) is 0 Å². The molecule has 0 fully saturated rings. The van der Waals surface area contributed by atoms with E-state index in [4.69, 9.17) is 4.74 Å². The Kier molecular flexibility index (Phi) is 7.45. The fourth-order valence-corrected chi connectivity index (χ4v) is 4.07. The maximum absolute atomic E-state index is 13.4. The first-order chi connectivity index (χ1) is 17.0. The summed E-state index contributed by atoms with van der Waals surface area (Å²) in [6.45, 7) is 6.21. The SMILES string of the molecule is CCCc1nc(C)c(CC(=O)OCC)c(=O)n1Cc1ccc(-c2ccccc2-c2nn[nH]n2)cc1. The Balaban J connectivity index is 1.66. The highest BCUT2D eigenvalue weighted by molar-refractivity contribution is 5.80. The molecule has 0 amide bonds. The van der Waals surface area contributed by atoms with Gasteiger partial charge in [0, 0.05) is 23.2 Å². The second-order valence-electron chi connectivity index (χ2n) is 8.19. The van der Waals surface area contributed by atoms with Gasteiger partial charge in [-0.05, 0) is 42.2 Å². The molecule has 0 aliphatic heterocycles. The molecule has 4 rings (SSSR count). The molecular weight excluding hydrogens is 444 g/mol. The van der Waals surface area contributed by atoms with E-state index in [1.54, 1.807) is 18.4 Å². The number of esters is 1. The van der Waals surface area contributed by atoms with Crippen LogP contribution >= 0.6 is 0 Å². The maximum atomic E-state index is 13.4. The van der Waals surface area contributed by atoms with Crippen molar-refractivity contribution >= 4 is 5.97 Å². The van der Waals surface area contributed by atoms with Gasteiger partial charge in [0.2, 0.25) is 5.82 Å². The quantitative estimate of drug-likeness (QED) is 0.371. The number of H-pyrrole nitrogens is 1. The maximum Gasteiger partial charge on any atom is 0.310 e. The average Bonchev–Trinajstić information content (AvgIpc) is 3.40. The topological polar surface area (TPSA) is 116 Å². The molecule has 0 saturated carbocycles. The van der Waals surface area contributed by atoms with Crippen molar-refractivity contribution in [1.82, 2.24) is 30.2 Å². The number of carbonyl (C=O) groups is 1. The second kappa shape index (κ2) is 10.9. The molecule has 1 N–H and O–H groups in total. The van der Waals surface area contributed by atoms with E-state index < -0.39 is 5.97 Å². The number of benzene rings is 2. The summed E-state index contributed by atoms with van der Waals surface area (Å²) in [5.74, 6) is 0.823. The van der Waals surface area contributed by atoms with Crippen LogP contribution in [0.4, 0.5) is 0 Å². The van der Waals surface area contributed by atoms with Crippen LogP contribution in [0.15, 0.2) is 53.3 Å². The van der Waals surface area contributed by atoms with Crippen molar-refractivity contribution < 1.29 is 9.53 Å². The second-order valence-corrected chi connectivity index (χ2v) is 8.19. The lowest BCUT2D eigenvalue weighted by Crippen LogP contribution is -2.31. The van der Waals surface area contributed by atoms with Crippen LogP contribution in [0.25, 0.3) is 22.5 Å². The van der Waals surface area contributed by atoms with Gasteiger partial charge in [0.25, 0.3) is 5.56 Å². The van der Waals surface area contributed by atoms with Crippen LogP contribution in [-0.4, -0.2) is 42.8 Å². The van der Waals surface area contributed by atoms with Crippen LogP contribution in [0.3, 0.4) is 0 Å². The van der Waals surface area contributed by atoms with E-state index >= 15 is 0 Å². The van der Waals surface area contributed by atoms with E-state index in [1.165, 1.54) is 0 Å². The highest BCUT2D eigenvalue weighted by Gasteiger charge is 2.18. The molecule has 0 unspecified atom stereocenters. The minimum absolute atomic E-state index is 0.0796. The lowest BCUT2D eigenvalue weighted by Gasteiger charge is -2.16. The van der Waals surface area contributed by atoms with E-state index in [-0.39, 0.29) is 18.6 Å². The van der Waals surface area contributed by atoms with E-state index in [1.807, 2.05) is 55.5 Å². The first kappa shape index (κ1) is 24.0. The third-order valence-corrected chi connectivity index (χ3v) is 5.77. The molecule has 0 saturated heterocycles. The van der Waals surface area contributed by atoms with Crippen LogP contribution < -0.4 is 5.56 Å². The average molecular weight is 473 g/mol. The van der Waals surface area contributed by atoms with Crippen molar-refractivity contribution in [1.29, 1.82) is 0 Å². The summed E-state index contributed by atoms with van der Waals surface area (Å²) < 4.78 is 6.73. The number of hydrogen-bond donors (Lipinski definition) is 1. The number of nitrogens with zero attached hydrogens (tertiary/aromatic N) is 5. The van der Waals surface area contributed by atoms with Crippen LogP contribution in [0, 0.1) is 6.92 Å². The molecule has 4 aromatic rings. The number of hydrogen-bond acceptors (Lipinski definition) is 7. The van der Waals surface area contributed by atoms with Crippen LogP contribution in [0.5, 0.6) is 0 Å². The molecule has 0 bridgehead atoms. The Labute approximate surface area is 203 Å². The zero-order valence-electron chi connectivity index (χ0n) is 20.1. The molecule has 9 nitrogen and oxygen atoms in total. The van der Waals surface area contributed by atoms with Crippen molar-refractivity contribution in [3.05, 3.63) is 81.5 Å². The summed E-state index contributed by atoms with van der Waals surface area (Å²) in [6, 6.07) is 15.9. The number of aromatic amines is 1. The molecule has 2 aromatic heterocycles. The zero-order valence-corrected chi connectivity index (χ0v) is 20.1. The Morgan fingerprint density at radius 2 is 1.80 bits per heavy atom. The highest BCUT2D eigenvalue weighted by atomic mass is 16.5. The molecule has 0 radical (unpaired) electrons. The molecule has 2 aromatic carbocycles. The van der Waals surface area contributed by atoms with Gasteiger partial charge in [-0.3, -0.25) is 14.2 Å². The summed E-state index contributed by atoms with van der Waals surface area (Å²) in [4.78, 5) is 30.1. The van der Waals surface area contributed by atoms with Crippen molar-refractivity contribution in [3.63, 3.8) is 0 Å². The lowest BCUT2D eigenvalue weighted by atomic mass is 9.98. The van der Waals surface area contributed by atoms with E-state index in [0.717, 1.165) is 28.7 Å². The Bertz CT molecular complexity index is 1360. The van der Waals surface area contributed by atoms with Gasteiger partial charge in [-0.1, -0.05) is 55.5 Å². The first-order valence-corrected chi connectivity index (χ1v) is 11.7. The number of carbonyl (C=O) groups excluding carboxylic acids is 1. The minimum atomic E-state index is -0.422. The predicted molar refractivity (Wildman–Crippen MR) is 132 cm³/mol. The van der Waals surface area contributed by atoms with E-state index in [9.17, 15) is 9.59 Å². The van der Waals surface area contributed by atoms with Crippen molar-refractivity contribution in [2.75, 3.05) is 6.61 Å².